The largest absolute Gasteiger partial charge is 0.497 e. The number of imide groups is 1. The summed E-state index contributed by atoms with van der Waals surface area (Å²) in [4.78, 5) is 59.3. The average molecular weight is 693 g/mol. The maximum atomic E-state index is 16.1. The van der Waals surface area contributed by atoms with Gasteiger partial charge in [0.25, 0.3) is 5.69 Å². The minimum Gasteiger partial charge on any atom is -0.497 e. The van der Waals surface area contributed by atoms with E-state index in [2.05, 4.69) is 0 Å². The van der Waals surface area contributed by atoms with Crippen LogP contribution in [-0.2, 0) is 25.2 Å². The van der Waals surface area contributed by atoms with Crippen molar-refractivity contribution >= 4 is 40.1 Å². The summed E-state index contributed by atoms with van der Waals surface area (Å²) in [5.74, 6) is -2.83. The Hall–Kier alpha value is -6.55. The fraction of sp³-hybridized carbons (Fsp3) is 0.167. The van der Waals surface area contributed by atoms with Crippen molar-refractivity contribution in [3.63, 3.8) is 0 Å². The van der Waals surface area contributed by atoms with Gasteiger partial charge in [-0.25, -0.2) is 4.90 Å². The van der Waals surface area contributed by atoms with Gasteiger partial charge >= 0.3 is 0 Å². The topological polar surface area (TPSA) is 125 Å². The van der Waals surface area contributed by atoms with E-state index < -0.39 is 45.1 Å². The number of anilines is 1. The number of benzene rings is 5. The molecule has 2 fully saturated rings. The highest BCUT2D eigenvalue weighted by Gasteiger charge is 2.83. The number of amides is 2. The highest BCUT2D eigenvalue weighted by atomic mass is 16.6. The Morgan fingerprint density at radius 2 is 0.981 bits per heavy atom. The van der Waals surface area contributed by atoms with Crippen LogP contribution in [0.5, 0.6) is 17.2 Å². The van der Waals surface area contributed by atoms with Gasteiger partial charge in [0.2, 0.25) is 11.8 Å². The molecule has 258 valence electrons. The van der Waals surface area contributed by atoms with Crippen LogP contribution in [0.25, 0.3) is 11.1 Å². The second-order valence-corrected chi connectivity index (χ2v) is 13.0. The Labute approximate surface area is 299 Å². The molecular weight excluding hydrogens is 660 g/mol. The van der Waals surface area contributed by atoms with E-state index in [9.17, 15) is 10.1 Å². The van der Waals surface area contributed by atoms with E-state index in [1.165, 1.54) is 25.3 Å². The van der Waals surface area contributed by atoms with Gasteiger partial charge in [-0.15, -0.1) is 0 Å². The van der Waals surface area contributed by atoms with E-state index in [4.69, 9.17) is 14.2 Å². The molecule has 0 spiro atoms. The number of fused-ring (bicyclic) bond motifs is 5. The Morgan fingerprint density at radius 3 is 1.37 bits per heavy atom. The van der Waals surface area contributed by atoms with Crippen molar-refractivity contribution in [2.45, 2.75) is 10.8 Å². The van der Waals surface area contributed by atoms with Gasteiger partial charge in [-0.3, -0.25) is 24.5 Å². The summed E-state index contributed by atoms with van der Waals surface area (Å²) in [7, 11) is 4.50. The van der Waals surface area contributed by atoms with Crippen LogP contribution < -0.4 is 19.1 Å². The highest BCUT2D eigenvalue weighted by Crippen LogP contribution is 2.74. The monoisotopic (exact) mass is 692 g/mol. The van der Waals surface area contributed by atoms with E-state index in [1.54, 1.807) is 62.8 Å². The van der Waals surface area contributed by atoms with Crippen molar-refractivity contribution in [3.05, 3.63) is 160 Å². The normalized spacial score (nSPS) is 23.2. The first-order valence-electron chi connectivity index (χ1n) is 16.6. The van der Waals surface area contributed by atoms with Crippen molar-refractivity contribution < 1.29 is 33.5 Å². The second-order valence-electron chi connectivity index (χ2n) is 13.0. The number of ketones is 1. The van der Waals surface area contributed by atoms with Crippen molar-refractivity contribution in [1.29, 1.82) is 0 Å². The molecule has 2 aliphatic carbocycles. The predicted molar refractivity (Wildman–Crippen MR) is 193 cm³/mol. The molecule has 5 aromatic carbocycles. The number of rotatable bonds is 9. The molecule has 0 aromatic heterocycles. The van der Waals surface area contributed by atoms with Crippen LogP contribution >= 0.6 is 0 Å². The third-order valence-corrected chi connectivity index (χ3v) is 10.8. The van der Waals surface area contributed by atoms with E-state index in [-0.39, 0.29) is 17.2 Å². The molecule has 10 heteroatoms. The number of nitrogens with zero attached hydrogens (tertiary/aromatic N) is 2. The molecule has 52 heavy (non-hydrogen) atoms. The van der Waals surface area contributed by atoms with Gasteiger partial charge in [0, 0.05) is 0 Å². The summed E-state index contributed by atoms with van der Waals surface area (Å²) in [5.41, 5.74) is -0.482. The average Bonchev–Trinajstić information content (AvgIpc) is 3.70. The van der Waals surface area contributed by atoms with Crippen molar-refractivity contribution in [2.75, 3.05) is 26.2 Å². The van der Waals surface area contributed by atoms with Gasteiger partial charge in [0.05, 0.1) is 55.0 Å². The molecule has 10 nitrogen and oxygen atoms in total. The lowest BCUT2D eigenvalue weighted by Crippen LogP contribution is -2.45. The fourth-order valence-electron chi connectivity index (χ4n) is 8.84. The second kappa shape index (κ2) is 12.1. The number of carbonyl (C=O) groups excluding carboxylic acids is 3. The Balaban J connectivity index is 1.53. The lowest BCUT2D eigenvalue weighted by atomic mass is 9.59. The van der Waals surface area contributed by atoms with Gasteiger partial charge in [0.15, 0.2) is 5.78 Å². The van der Waals surface area contributed by atoms with Crippen LogP contribution in [-0.4, -0.2) is 43.9 Å². The molecular formula is C42H32N2O8. The third-order valence-electron chi connectivity index (χ3n) is 10.8. The first-order chi connectivity index (χ1) is 25.2. The maximum Gasteiger partial charge on any atom is 0.297 e. The van der Waals surface area contributed by atoms with E-state index >= 15 is 14.4 Å². The maximum absolute atomic E-state index is 16.1. The number of carbonyl (C=O) groups is 3. The minimum absolute atomic E-state index is 0.189. The molecule has 5 aromatic rings. The summed E-state index contributed by atoms with van der Waals surface area (Å²) in [5, 5.41) is 12.5. The van der Waals surface area contributed by atoms with Gasteiger partial charge in [-0.1, -0.05) is 84.9 Å². The number of allylic oxidation sites excluding steroid dienone is 2. The zero-order chi connectivity index (χ0) is 36.4. The Bertz CT molecular complexity index is 2180. The van der Waals surface area contributed by atoms with Crippen LogP contribution in [0, 0.1) is 22.0 Å². The highest BCUT2D eigenvalue weighted by molar-refractivity contribution is 6.39. The molecule has 0 unspecified atom stereocenters. The molecule has 1 saturated heterocycles. The predicted octanol–water partition coefficient (Wildman–Crippen LogP) is 6.81. The van der Waals surface area contributed by atoms with Crippen molar-refractivity contribution in [1.82, 2.24) is 0 Å². The summed E-state index contributed by atoms with van der Waals surface area (Å²) < 4.78 is 16.2. The van der Waals surface area contributed by atoms with Crippen molar-refractivity contribution in [3.8, 4) is 17.2 Å². The van der Waals surface area contributed by atoms with Gasteiger partial charge in [-0.05, 0) is 69.8 Å². The van der Waals surface area contributed by atoms with Crippen LogP contribution in [0.4, 0.5) is 11.4 Å². The van der Waals surface area contributed by atoms with Crippen LogP contribution in [0.1, 0.15) is 22.3 Å². The number of nitro benzene ring substituents is 1. The first-order valence-corrected chi connectivity index (χ1v) is 16.6. The quantitative estimate of drug-likeness (QED) is 0.0938. The van der Waals surface area contributed by atoms with Crippen molar-refractivity contribution in [2.24, 2.45) is 11.8 Å². The molecule has 4 atom stereocenters. The zero-order valence-electron chi connectivity index (χ0n) is 28.4. The molecule has 2 bridgehead atoms. The smallest absolute Gasteiger partial charge is 0.297 e. The van der Waals surface area contributed by atoms with Gasteiger partial charge < -0.3 is 14.2 Å². The SMILES string of the molecule is COc1ccc(C2=C(c3ccc(OC)cc3)[C@@]3(c4ccccc4)C(=O)[C@]2(c2ccccc2)[C@H]2C(=O)N(c4ccc(OC)cc4[N+](=O)[O-])C(=O)[C@@H]23)cc1. The number of hydrogen-bond acceptors (Lipinski definition) is 8. The number of methoxy groups -OCH3 is 3. The third kappa shape index (κ3) is 4.21. The summed E-state index contributed by atoms with van der Waals surface area (Å²) in [6.45, 7) is 0. The molecule has 8 rings (SSSR count). The number of Topliss-reactive ketones (excluding diaryl/α,β-unsaturated/α-hetero) is 1. The number of hydrogen-bond donors (Lipinski definition) is 0. The molecule has 1 saturated carbocycles. The molecule has 0 N–H and O–H groups in total. The zero-order valence-corrected chi connectivity index (χ0v) is 28.4. The fourth-order valence-corrected chi connectivity index (χ4v) is 8.84. The first kappa shape index (κ1) is 32.6. The molecule has 1 aliphatic heterocycles. The lowest BCUT2D eigenvalue weighted by molar-refractivity contribution is -0.384. The van der Waals surface area contributed by atoms with E-state index in [0.717, 1.165) is 4.90 Å². The molecule has 2 amide bonds. The Kier molecular flexibility index (Phi) is 7.56. The van der Waals surface area contributed by atoms with E-state index in [0.29, 0.717) is 44.9 Å². The van der Waals surface area contributed by atoms with Crippen LogP contribution in [0.3, 0.4) is 0 Å². The number of nitro groups is 1. The lowest BCUT2D eigenvalue weighted by Gasteiger charge is -2.39. The molecule has 3 aliphatic rings. The summed E-state index contributed by atoms with van der Waals surface area (Å²) in [6, 6.07) is 36.7. The summed E-state index contributed by atoms with van der Waals surface area (Å²) >= 11 is 0. The molecule has 0 radical (unpaired) electrons. The van der Waals surface area contributed by atoms with Gasteiger partial charge in [0.1, 0.15) is 22.9 Å². The minimum atomic E-state index is -1.69. The van der Waals surface area contributed by atoms with Crippen LogP contribution in [0.15, 0.2) is 127 Å². The molecule has 1 heterocycles. The van der Waals surface area contributed by atoms with E-state index in [1.807, 2.05) is 60.7 Å². The van der Waals surface area contributed by atoms with Gasteiger partial charge in [-0.2, -0.15) is 0 Å². The number of ether oxygens (including phenoxy) is 3. The summed E-state index contributed by atoms with van der Waals surface area (Å²) in [6.07, 6.45) is 0. The van der Waals surface area contributed by atoms with Crippen LogP contribution in [0.2, 0.25) is 0 Å². The standard InChI is InChI=1S/C42H32N2O8/c1-50-29-18-14-25(15-19-29)34-35(26-16-20-30(51-2)21-17-26)42(28-12-8-5-9-13-28)37-36(41(34,40(42)47)27-10-6-4-7-11-27)38(45)43(39(37)46)32-23-22-31(52-3)24-33(32)44(48)49/h4-24,36-37H,1-3H3/t36-,37-,41-,42+/m1/s1. The Morgan fingerprint density at radius 1 is 0.577 bits per heavy atom.